The van der Waals surface area contributed by atoms with Crippen molar-refractivity contribution in [3.05, 3.63) is 75.5 Å². The molecule has 1 aromatic carbocycles. The first kappa shape index (κ1) is 15.9. The van der Waals surface area contributed by atoms with Gasteiger partial charge in [-0.15, -0.1) is 10.2 Å². The Bertz CT molecular complexity index is 907. The fraction of sp³-hybridized carbons (Fsp3) is 0.133. The normalized spacial score (nSPS) is 10.7. The molecule has 0 fully saturated rings. The van der Waals surface area contributed by atoms with Crippen LogP contribution in [-0.2, 0) is 6.54 Å². The maximum absolute atomic E-state index is 11.8. The molecular formula is C15H13N5O3S. The van der Waals surface area contributed by atoms with Gasteiger partial charge in [-0.25, -0.2) is 0 Å². The van der Waals surface area contributed by atoms with Crippen LogP contribution >= 0.6 is 11.8 Å². The molecule has 0 spiro atoms. The number of aryl methyl sites for hydroxylation is 1. The number of pyridine rings is 1. The molecule has 0 aliphatic carbocycles. The van der Waals surface area contributed by atoms with Crippen LogP contribution in [0.15, 0.2) is 64.9 Å². The number of nitrogens with zero attached hydrogens (tertiary/aromatic N) is 5. The Kier molecular flexibility index (Phi) is 4.71. The molecule has 0 aliphatic heterocycles. The third-order valence-electron chi connectivity index (χ3n) is 3.29. The second-order valence-corrected chi connectivity index (χ2v) is 5.91. The summed E-state index contributed by atoms with van der Waals surface area (Å²) in [5.74, 6) is 0.534. The SMILES string of the molecule is O=c1ccc([N+](=O)[O-])cn1CCSc1nncn1-c1ccccc1. The van der Waals surface area contributed by atoms with E-state index < -0.39 is 4.92 Å². The summed E-state index contributed by atoms with van der Waals surface area (Å²) in [6.07, 6.45) is 2.88. The zero-order chi connectivity index (χ0) is 16.9. The summed E-state index contributed by atoms with van der Waals surface area (Å²) in [5, 5.41) is 19.5. The first-order valence-electron chi connectivity index (χ1n) is 7.08. The molecule has 9 heteroatoms. The smallest absolute Gasteiger partial charge is 0.285 e. The highest BCUT2D eigenvalue weighted by Gasteiger charge is 2.10. The number of benzene rings is 1. The second-order valence-electron chi connectivity index (χ2n) is 4.84. The second kappa shape index (κ2) is 7.09. The predicted octanol–water partition coefficient (Wildman–Crippen LogP) is 2.13. The Labute approximate surface area is 140 Å². The molecule has 0 bridgehead atoms. The Morgan fingerprint density at radius 2 is 1.96 bits per heavy atom. The summed E-state index contributed by atoms with van der Waals surface area (Å²) >= 11 is 1.43. The van der Waals surface area contributed by atoms with E-state index >= 15 is 0 Å². The molecule has 2 heterocycles. The molecule has 0 atom stereocenters. The molecule has 0 saturated carbocycles. The minimum Gasteiger partial charge on any atom is -0.308 e. The highest BCUT2D eigenvalue weighted by molar-refractivity contribution is 7.99. The molecule has 3 aromatic rings. The Hall–Kier alpha value is -2.94. The molecular weight excluding hydrogens is 330 g/mol. The van der Waals surface area contributed by atoms with Crippen molar-refractivity contribution in [1.82, 2.24) is 19.3 Å². The van der Waals surface area contributed by atoms with Crippen molar-refractivity contribution in [3.8, 4) is 5.69 Å². The van der Waals surface area contributed by atoms with Crippen molar-refractivity contribution in [2.75, 3.05) is 5.75 Å². The molecule has 0 saturated heterocycles. The molecule has 3 rings (SSSR count). The van der Waals surface area contributed by atoms with E-state index in [9.17, 15) is 14.9 Å². The number of nitro groups is 1. The number of aromatic nitrogens is 4. The zero-order valence-corrected chi connectivity index (χ0v) is 13.3. The zero-order valence-electron chi connectivity index (χ0n) is 12.5. The van der Waals surface area contributed by atoms with Gasteiger partial charge in [0.05, 0.1) is 11.1 Å². The van der Waals surface area contributed by atoms with E-state index in [1.54, 1.807) is 6.33 Å². The topological polar surface area (TPSA) is 95.8 Å². The summed E-state index contributed by atoms with van der Waals surface area (Å²) < 4.78 is 3.18. The van der Waals surface area contributed by atoms with Crippen molar-refractivity contribution in [2.24, 2.45) is 0 Å². The van der Waals surface area contributed by atoms with Crippen LogP contribution in [0.1, 0.15) is 0 Å². The molecule has 0 radical (unpaired) electrons. The van der Waals surface area contributed by atoms with Crippen molar-refractivity contribution in [3.63, 3.8) is 0 Å². The lowest BCUT2D eigenvalue weighted by molar-refractivity contribution is -0.385. The molecule has 0 aliphatic rings. The quantitative estimate of drug-likeness (QED) is 0.386. The van der Waals surface area contributed by atoms with E-state index in [2.05, 4.69) is 10.2 Å². The third kappa shape index (κ3) is 3.51. The molecule has 8 nitrogen and oxygen atoms in total. The maximum atomic E-state index is 11.8. The van der Waals surface area contributed by atoms with Crippen LogP contribution < -0.4 is 5.56 Å². The summed E-state index contributed by atoms with van der Waals surface area (Å²) in [6.45, 7) is 0.340. The van der Waals surface area contributed by atoms with Gasteiger partial charge in [-0.1, -0.05) is 30.0 Å². The number of rotatable bonds is 6. The largest absolute Gasteiger partial charge is 0.308 e. The van der Waals surface area contributed by atoms with E-state index in [-0.39, 0.29) is 11.2 Å². The van der Waals surface area contributed by atoms with Crippen molar-refractivity contribution < 1.29 is 4.92 Å². The summed E-state index contributed by atoms with van der Waals surface area (Å²) in [5.41, 5.74) is 0.565. The van der Waals surface area contributed by atoms with Crippen LogP contribution in [0.3, 0.4) is 0 Å². The standard InChI is InChI=1S/C15H13N5O3S/c21-14-7-6-13(20(22)23)10-18(14)8-9-24-15-17-16-11-19(15)12-4-2-1-3-5-12/h1-7,10-11H,8-9H2. The third-order valence-corrected chi connectivity index (χ3v) is 4.22. The highest BCUT2D eigenvalue weighted by Crippen LogP contribution is 2.19. The summed E-state index contributed by atoms with van der Waals surface area (Å²) in [7, 11) is 0. The predicted molar refractivity (Wildman–Crippen MR) is 89.4 cm³/mol. The van der Waals surface area contributed by atoms with Gasteiger partial charge < -0.3 is 4.57 Å². The van der Waals surface area contributed by atoms with Gasteiger partial charge in [0.2, 0.25) is 0 Å². The van der Waals surface area contributed by atoms with Crippen LogP contribution in [0.25, 0.3) is 5.69 Å². The number of hydrogen-bond acceptors (Lipinski definition) is 6. The van der Waals surface area contributed by atoms with Gasteiger partial charge in [-0.3, -0.25) is 19.5 Å². The molecule has 2 aromatic heterocycles. The van der Waals surface area contributed by atoms with Crippen molar-refractivity contribution in [1.29, 1.82) is 0 Å². The van der Waals surface area contributed by atoms with Crippen molar-refractivity contribution >= 4 is 17.4 Å². The van der Waals surface area contributed by atoms with Gasteiger partial charge in [-0.05, 0) is 12.1 Å². The van der Waals surface area contributed by atoms with E-state index in [4.69, 9.17) is 0 Å². The average molecular weight is 343 g/mol. The van der Waals surface area contributed by atoms with Gasteiger partial charge in [0.25, 0.3) is 11.2 Å². The maximum Gasteiger partial charge on any atom is 0.285 e. The van der Waals surface area contributed by atoms with Gasteiger partial charge in [0.1, 0.15) is 6.33 Å². The average Bonchev–Trinajstić information content (AvgIpc) is 3.05. The minimum absolute atomic E-state index is 0.105. The lowest BCUT2D eigenvalue weighted by atomic mass is 10.3. The highest BCUT2D eigenvalue weighted by atomic mass is 32.2. The lowest BCUT2D eigenvalue weighted by Gasteiger charge is -2.07. The number of thioether (sulfide) groups is 1. The van der Waals surface area contributed by atoms with Gasteiger partial charge in [0.15, 0.2) is 5.16 Å². The Balaban J connectivity index is 1.70. The van der Waals surface area contributed by atoms with Crippen LogP contribution in [0.5, 0.6) is 0 Å². The number of hydrogen-bond donors (Lipinski definition) is 0. The van der Waals surface area contributed by atoms with Gasteiger partial charge in [-0.2, -0.15) is 0 Å². The van der Waals surface area contributed by atoms with Crippen molar-refractivity contribution in [2.45, 2.75) is 11.7 Å². The van der Waals surface area contributed by atoms with E-state index in [0.29, 0.717) is 17.5 Å². The van der Waals surface area contributed by atoms with Crippen LogP contribution in [0.2, 0.25) is 0 Å². The first-order chi connectivity index (χ1) is 11.6. The van der Waals surface area contributed by atoms with Crippen LogP contribution in [-0.4, -0.2) is 30.0 Å². The number of para-hydroxylation sites is 1. The minimum atomic E-state index is -0.519. The monoisotopic (exact) mass is 343 g/mol. The van der Waals surface area contributed by atoms with Gasteiger partial charge >= 0.3 is 0 Å². The molecule has 24 heavy (non-hydrogen) atoms. The fourth-order valence-corrected chi connectivity index (χ4v) is 2.99. The van der Waals surface area contributed by atoms with E-state index in [1.165, 1.54) is 34.7 Å². The van der Waals surface area contributed by atoms with Gasteiger partial charge in [0, 0.05) is 30.1 Å². The van der Waals surface area contributed by atoms with E-state index in [0.717, 1.165) is 5.69 Å². The van der Waals surface area contributed by atoms with Crippen LogP contribution in [0, 0.1) is 10.1 Å². The molecule has 122 valence electrons. The Morgan fingerprint density at radius 1 is 1.17 bits per heavy atom. The lowest BCUT2D eigenvalue weighted by Crippen LogP contribution is -2.20. The van der Waals surface area contributed by atoms with E-state index in [1.807, 2.05) is 34.9 Å². The fourth-order valence-electron chi connectivity index (χ4n) is 2.13. The Morgan fingerprint density at radius 3 is 2.71 bits per heavy atom. The molecule has 0 amide bonds. The molecule has 0 N–H and O–H groups in total. The molecule has 0 unspecified atom stereocenters. The van der Waals surface area contributed by atoms with Crippen LogP contribution in [0.4, 0.5) is 5.69 Å². The summed E-state index contributed by atoms with van der Waals surface area (Å²) in [6, 6.07) is 12.1. The first-order valence-corrected chi connectivity index (χ1v) is 8.07. The summed E-state index contributed by atoms with van der Waals surface area (Å²) in [4.78, 5) is 22.0.